The van der Waals surface area contributed by atoms with Crippen LogP contribution in [-0.2, 0) is 13.1 Å². The summed E-state index contributed by atoms with van der Waals surface area (Å²) in [4.78, 5) is 14.4. The number of pyridine rings is 1. The van der Waals surface area contributed by atoms with Crippen LogP contribution in [0.5, 0.6) is 5.75 Å². The summed E-state index contributed by atoms with van der Waals surface area (Å²) in [6, 6.07) is 10.1. The first-order valence-electron chi connectivity index (χ1n) is 9.63. The van der Waals surface area contributed by atoms with Crippen LogP contribution in [-0.4, -0.2) is 11.2 Å². The molecule has 0 saturated heterocycles. The molecule has 5 heteroatoms. The van der Waals surface area contributed by atoms with E-state index in [2.05, 4.69) is 38.3 Å². The molecule has 0 aliphatic heterocycles. The van der Waals surface area contributed by atoms with Gasteiger partial charge in [-0.05, 0) is 41.5 Å². The number of fused-ring (bicyclic) bond motifs is 1. The van der Waals surface area contributed by atoms with Gasteiger partial charge in [-0.2, -0.15) is 0 Å². The fourth-order valence-corrected chi connectivity index (χ4v) is 4.03. The topological polar surface area (TPSA) is 57.2 Å². The lowest BCUT2D eigenvalue weighted by Crippen LogP contribution is -2.28. The van der Waals surface area contributed by atoms with E-state index in [9.17, 15) is 4.79 Å². The predicted molar refractivity (Wildman–Crippen MR) is 115 cm³/mol. The Morgan fingerprint density at radius 2 is 2.04 bits per heavy atom. The zero-order valence-corrected chi connectivity index (χ0v) is 17.1. The molecule has 0 spiro atoms. The highest BCUT2D eigenvalue weighted by molar-refractivity contribution is 7.13. The van der Waals surface area contributed by atoms with Gasteiger partial charge in [0, 0.05) is 23.4 Å². The molecule has 1 aromatic carbocycles. The molecule has 144 valence electrons. The molecule has 0 radical (unpaired) electrons. The molecule has 0 aliphatic rings. The highest BCUT2D eigenvalue weighted by Gasteiger charge is 2.18. The quantitative estimate of drug-likeness (QED) is 0.555. The van der Waals surface area contributed by atoms with Gasteiger partial charge < -0.3 is 15.0 Å². The number of hydrogen-bond donors (Lipinski definition) is 1. The smallest absolute Gasteiger partial charge is 0.258 e. The third kappa shape index (κ3) is 4.09. The van der Waals surface area contributed by atoms with Gasteiger partial charge in [0.05, 0.1) is 17.7 Å². The first-order chi connectivity index (χ1) is 13.1. The van der Waals surface area contributed by atoms with Crippen LogP contribution in [0.4, 0.5) is 0 Å². The Morgan fingerprint density at radius 3 is 2.67 bits per heavy atom. The summed E-state index contributed by atoms with van der Waals surface area (Å²) in [7, 11) is 0. The third-order valence-electron chi connectivity index (χ3n) is 4.62. The van der Waals surface area contributed by atoms with Crippen molar-refractivity contribution in [2.45, 2.75) is 46.7 Å². The van der Waals surface area contributed by atoms with Gasteiger partial charge in [-0.1, -0.05) is 39.3 Å². The van der Waals surface area contributed by atoms with Crippen LogP contribution in [0, 0.1) is 5.92 Å². The summed E-state index contributed by atoms with van der Waals surface area (Å²) >= 11 is 1.69. The molecular weight excluding hydrogens is 356 g/mol. The van der Waals surface area contributed by atoms with Crippen LogP contribution in [0.15, 0.2) is 40.5 Å². The molecular formula is C22H28N2O2S. The van der Waals surface area contributed by atoms with E-state index in [1.165, 1.54) is 4.88 Å². The Balaban J connectivity index is 2.25. The van der Waals surface area contributed by atoms with Gasteiger partial charge in [-0.3, -0.25) is 4.79 Å². The van der Waals surface area contributed by atoms with Crippen LogP contribution >= 0.6 is 11.3 Å². The number of aromatic nitrogens is 1. The predicted octanol–water partition coefficient (Wildman–Crippen LogP) is 5.02. The minimum absolute atomic E-state index is 0.0136. The highest BCUT2D eigenvalue weighted by Crippen LogP contribution is 2.33. The first-order valence-corrected chi connectivity index (χ1v) is 10.5. The number of rotatable bonds is 8. The molecule has 27 heavy (non-hydrogen) atoms. The molecule has 2 N–H and O–H groups in total. The van der Waals surface area contributed by atoms with Gasteiger partial charge in [0.25, 0.3) is 5.56 Å². The van der Waals surface area contributed by atoms with E-state index in [1.54, 1.807) is 15.9 Å². The van der Waals surface area contributed by atoms with E-state index in [0.29, 0.717) is 24.5 Å². The van der Waals surface area contributed by atoms with Crippen LogP contribution in [0.1, 0.15) is 39.3 Å². The van der Waals surface area contributed by atoms with Gasteiger partial charge >= 0.3 is 0 Å². The van der Waals surface area contributed by atoms with Crippen molar-refractivity contribution in [1.82, 2.24) is 4.57 Å². The average molecular weight is 385 g/mol. The summed E-state index contributed by atoms with van der Waals surface area (Å²) in [6.07, 6.45) is 2.03. The summed E-state index contributed by atoms with van der Waals surface area (Å²) in [5.41, 5.74) is 7.99. The Labute approximate surface area is 164 Å². The standard InChI is InChI=1S/C22H28N2O2S/c1-4-5-10-26-21-18-12-16(20-7-6-11-27-20)8-9-17(18)22(25)24(14-15(2)3)19(21)13-23/h6-9,11-12,15H,4-5,10,13-14,23H2,1-3H3. The summed E-state index contributed by atoms with van der Waals surface area (Å²) in [5, 5.41) is 3.62. The maximum atomic E-state index is 13.2. The summed E-state index contributed by atoms with van der Waals surface area (Å²) < 4.78 is 8.00. The van der Waals surface area contributed by atoms with E-state index in [1.807, 2.05) is 18.2 Å². The molecule has 0 fully saturated rings. The monoisotopic (exact) mass is 384 g/mol. The molecule has 2 heterocycles. The van der Waals surface area contributed by atoms with Gasteiger partial charge in [0.2, 0.25) is 0 Å². The molecule has 0 aliphatic carbocycles. The normalized spacial score (nSPS) is 11.4. The largest absolute Gasteiger partial charge is 0.491 e. The molecule has 2 aromatic heterocycles. The van der Waals surface area contributed by atoms with Gasteiger partial charge in [0.1, 0.15) is 5.75 Å². The maximum absolute atomic E-state index is 13.2. The lowest BCUT2D eigenvalue weighted by atomic mass is 10.0. The third-order valence-corrected chi connectivity index (χ3v) is 5.54. The number of hydrogen-bond acceptors (Lipinski definition) is 4. The maximum Gasteiger partial charge on any atom is 0.258 e. The van der Waals surface area contributed by atoms with Crippen molar-refractivity contribution in [3.8, 4) is 16.2 Å². The number of thiophene rings is 1. The van der Waals surface area contributed by atoms with Crippen molar-refractivity contribution < 1.29 is 4.74 Å². The van der Waals surface area contributed by atoms with Crippen molar-refractivity contribution in [2.75, 3.05) is 6.61 Å². The SMILES string of the molecule is CCCCOc1c(CN)n(CC(C)C)c(=O)c2ccc(-c3cccs3)cc12. The molecule has 3 aromatic rings. The van der Waals surface area contributed by atoms with E-state index >= 15 is 0 Å². The van der Waals surface area contributed by atoms with Gasteiger partial charge in [-0.25, -0.2) is 0 Å². The Kier molecular flexibility index (Phi) is 6.34. The highest BCUT2D eigenvalue weighted by atomic mass is 32.1. The lowest BCUT2D eigenvalue weighted by molar-refractivity contribution is 0.304. The van der Waals surface area contributed by atoms with E-state index in [-0.39, 0.29) is 12.1 Å². The van der Waals surface area contributed by atoms with Crippen molar-refractivity contribution in [3.05, 3.63) is 51.8 Å². The number of nitrogens with zero attached hydrogens (tertiary/aromatic N) is 1. The van der Waals surface area contributed by atoms with Crippen molar-refractivity contribution in [3.63, 3.8) is 0 Å². The lowest BCUT2D eigenvalue weighted by Gasteiger charge is -2.20. The van der Waals surface area contributed by atoms with Crippen LogP contribution in [0.2, 0.25) is 0 Å². The molecule has 3 rings (SSSR count). The Morgan fingerprint density at radius 1 is 1.22 bits per heavy atom. The van der Waals surface area contributed by atoms with Crippen LogP contribution in [0.3, 0.4) is 0 Å². The molecule has 4 nitrogen and oxygen atoms in total. The van der Waals surface area contributed by atoms with Crippen molar-refractivity contribution in [2.24, 2.45) is 11.7 Å². The minimum atomic E-state index is 0.0136. The van der Waals surface area contributed by atoms with E-state index < -0.39 is 0 Å². The fraction of sp³-hybridized carbons (Fsp3) is 0.409. The van der Waals surface area contributed by atoms with Gasteiger partial charge in [0.15, 0.2) is 0 Å². The van der Waals surface area contributed by atoms with Gasteiger partial charge in [-0.15, -0.1) is 11.3 Å². The first kappa shape index (κ1) is 19.6. The van der Waals surface area contributed by atoms with Crippen molar-refractivity contribution >= 4 is 22.1 Å². The summed E-state index contributed by atoms with van der Waals surface area (Å²) in [6.45, 7) is 7.89. The number of unbranched alkanes of at least 4 members (excludes halogenated alkanes) is 1. The molecule has 0 saturated carbocycles. The zero-order chi connectivity index (χ0) is 19.4. The molecule has 0 bridgehead atoms. The minimum Gasteiger partial charge on any atom is -0.491 e. The zero-order valence-electron chi connectivity index (χ0n) is 16.3. The number of nitrogens with two attached hydrogens (primary N) is 1. The number of benzene rings is 1. The summed E-state index contributed by atoms with van der Waals surface area (Å²) in [5.74, 6) is 1.11. The van der Waals surface area contributed by atoms with E-state index in [4.69, 9.17) is 10.5 Å². The second kappa shape index (κ2) is 8.72. The second-order valence-corrected chi connectivity index (χ2v) is 8.18. The van der Waals surface area contributed by atoms with E-state index in [0.717, 1.165) is 35.2 Å². The second-order valence-electron chi connectivity index (χ2n) is 7.23. The number of ether oxygens (including phenoxy) is 1. The average Bonchev–Trinajstić information content (AvgIpc) is 3.19. The molecule has 0 atom stereocenters. The molecule has 0 unspecified atom stereocenters. The molecule has 0 amide bonds. The Hall–Kier alpha value is -2.11. The fourth-order valence-electron chi connectivity index (χ4n) is 3.30. The van der Waals surface area contributed by atoms with Crippen molar-refractivity contribution in [1.29, 1.82) is 0 Å². The Bertz CT molecular complexity index is 959. The van der Waals surface area contributed by atoms with Crippen LogP contribution < -0.4 is 16.0 Å². The van der Waals surface area contributed by atoms with Crippen LogP contribution in [0.25, 0.3) is 21.2 Å².